The van der Waals surface area contributed by atoms with Crippen LogP contribution in [0.15, 0.2) is 12.3 Å². The molecule has 0 radical (unpaired) electrons. The highest BCUT2D eigenvalue weighted by atomic mass is 16.2. The van der Waals surface area contributed by atoms with Crippen molar-refractivity contribution in [2.24, 2.45) is 18.2 Å². The summed E-state index contributed by atoms with van der Waals surface area (Å²) in [7, 11) is 1.79. The summed E-state index contributed by atoms with van der Waals surface area (Å²) < 4.78 is 1.61. The van der Waals surface area contributed by atoms with E-state index in [4.69, 9.17) is 5.73 Å². The molecule has 0 bridgehead atoms. The number of carbonyl (C=O) groups is 1. The van der Waals surface area contributed by atoms with Gasteiger partial charge in [0.2, 0.25) is 0 Å². The van der Waals surface area contributed by atoms with Gasteiger partial charge >= 0.3 is 0 Å². The number of aromatic nitrogens is 2. The van der Waals surface area contributed by atoms with Crippen LogP contribution in [0.3, 0.4) is 0 Å². The summed E-state index contributed by atoms with van der Waals surface area (Å²) in [6.45, 7) is 5.66. The average Bonchev–Trinajstić information content (AvgIpc) is 2.67. The molecule has 1 saturated heterocycles. The van der Waals surface area contributed by atoms with E-state index in [2.05, 4.69) is 18.9 Å². The Kier molecular flexibility index (Phi) is 2.95. The molecule has 1 atom stereocenters. The molecule has 1 aliphatic heterocycles. The van der Waals surface area contributed by atoms with E-state index >= 15 is 0 Å². The van der Waals surface area contributed by atoms with Gasteiger partial charge in [-0.1, -0.05) is 13.8 Å². The van der Waals surface area contributed by atoms with Gasteiger partial charge in [-0.05, 0) is 17.9 Å². The summed E-state index contributed by atoms with van der Waals surface area (Å²) in [4.78, 5) is 14.2. The Balaban J connectivity index is 2.15. The maximum absolute atomic E-state index is 12.3. The zero-order valence-corrected chi connectivity index (χ0v) is 10.7. The molecule has 1 aromatic heterocycles. The second-order valence-electron chi connectivity index (χ2n) is 5.45. The molecule has 1 aliphatic rings. The third-order valence-corrected chi connectivity index (χ3v) is 3.64. The van der Waals surface area contributed by atoms with Crippen molar-refractivity contribution in [3.63, 3.8) is 0 Å². The number of nitrogens with two attached hydrogens (primary N) is 1. The highest BCUT2D eigenvalue weighted by Gasteiger charge is 2.36. The maximum Gasteiger partial charge on any atom is 0.272 e. The van der Waals surface area contributed by atoms with E-state index in [0.29, 0.717) is 12.2 Å². The Morgan fingerprint density at radius 1 is 1.59 bits per heavy atom. The SMILES string of the molecule is Cn1nccc1C(=O)N1CCC(N)C(C)(C)C1. The van der Waals surface area contributed by atoms with Crippen molar-refractivity contribution in [3.05, 3.63) is 18.0 Å². The molecule has 1 fully saturated rings. The van der Waals surface area contributed by atoms with Gasteiger partial charge in [-0.15, -0.1) is 0 Å². The lowest BCUT2D eigenvalue weighted by molar-refractivity contribution is 0.0522. The van der Waals surface area contributed by atoms with Crippen molar-refractivity contribution in [1.82, 2.24) is 14.7 Å². The molecule has 0 aromatic carbocycles. The summed E-state index contributed by atoms with van der Waals surface area (Å²) in [6.07, 6.45) is 2.50. The number of amides is 1. The van der Waals surface area contributed by atoms with Crippen LogP contribution in [0.4, 0.5) is 0 Å². The van der Waals surface area contributed by atoms with E-state index < -0.39 is 0 Å². The Labute approximate surface area is 102 Å². The summed E-state index contributed by atoms with van der Waals surface area (Å²) in [5.41, 5.74) is 6.68. The van der Waals surface area contributed by atoms with E-state index in [1.165, 1.54) is 0 Å². The number of nitrogens with zero attached hydrogens (tertiary/aromatic N) is 3. The predicted molar refractivity (Wildman–Crippen MR) is 65.5 cm³/mol. The molecule has 0 spiro atoms. The molecule has 2 rings (SSSR count). The van der Waals surface area contributed by atoms with Gasteiger partial charge < -0.3 is 10.6 Å². The fraction of sp³-hybridized carbons (Fsp3) is 0.667. The Morgan fingerprint density at radius 2 is 2.29 bits per heavy atom. The first kappa shape index (κ1) is 12.1. The van der Waals surface area contributed by atoms with Crippen LogP contribution in [0.1, 0.15) is 30.8 Å². The Morgan fingerprint density at radius 3 is 2.82 bits per heavy atom. The molecule has 1 aromatic rings. The van der Waals surface area contributed by atoms with Gasteiger partial charge in [0, 0.05) is 32.4 Å². The van der Waals surface area contributed by atoms with Crippen LogP contribution in [0.5, 0.6) is 0 Å². The molecule has 17 heavy (non-hydrogen) atoms. The van der Waals surface area contributed by atoms with E-state index in [9.17, 15) is 4.79 Å². The van der Waals surface area contributed by atoms with Crippen LogP contribution in [-0.4, -0.2) is 39.7 Å². The van der Waals surface area contributed by atoms with E-state index in [0.717, 1.165) is 13.0 Å². The predicted octanol–water partition coefficient (Wildman–Crippen LogP) is 0.619. The zero-order chi connectivity index (χ0) is 12.6. The fourth-order valence-electron chi connectivity index (χ4n) is 2.29. The van der Waals surface area contributed by atoms with E-state index in [1.807, 2.05) is 4.90 Å². The maximum atomic E-state index is 12.3. The molecule has 94 valence electrons. The van der Waals surface area contributed by atoms with Crippen molar-refractivity contribution in [2.45, 2.75) is 26.3 Å². The number of hydrogen-bond donors (Lipinski definition) is 1. The van der Waals surface area contributed by atoms with Crippen molar-refractivity contribution in [2.75, 3.05) is 13.1 Å². The van der Waals surface area contributed by atoms with Gasteiger partial charge in [-0.25, -0.2) is 0 Å². The molecule has 2 heterocycles. The van der Waals surface area contributed by atoms with Gasteiger partial charge in [0.1, 0.15) is 5.69 Å². The lowest BCUT2D eigenvalue weighted by Gasteiger charge is -2.42. The highest BCUT2D eigenvalue weighted by Crippen LogP contribution is 2.28. The molecule has 5 heteroatoms. The summed E-state index contributed by atoms with van der Waals surface area (Å²) in [5.74, 6) is 0.0463. The van der Waals surface area contributed by atoms with Crippen LogP contribution >= 0.6 is 0 Å². The van der Waals surface area contributed by atoms with Gasteiger partial charge in [-0.2, -0.15) is 5.10 Å². The first-order valence-electron chi connectivity index (χ1n) is 5.95. The first-order chi connectivity index (χ1) is 7.92. The number of piperidine rings is 1. The summed E-state index contributed by atoms with van der Waals surface area (Å²) in [5, 5.41) is 4.03. The molecule has 0 saturated carbocycles. The molecular weight excluding hydrogens is 216 g/mol. The monoisotopic (exact) mass is 236 g/mol. The molecule has 1 unspecified atom stereocenters. The standard InChI is InChI=1S/C12H20N4O/c1-12(2)8-16(7-5-10(12)13)11(17)9-4-6-14-15(9)3/h4,6,10H,5,7-8,13H2,1-3H3. The van der Waals surface area contributed by atoms with E-state index in [1.54, 1.807) is 24.0 Å². The molecule has 5 nitrogen and oxygen atoms in total. The fourth-order valence-corrected chi connectivity index (χ4v) is 2.29. The zero-order valence-electron chi connectivity index (χ0n) is 10.7. The molecular formula is C12H20N4O. The largest absolute Gasteiger partial charge is 0.337 e. The molecule has 0 aliphatic carbocycles. The van der Waals surface area contributed by atoms with Crippen LogP contribution < -0.4 is 5.73 Å². The Hall–Kier alpha value is -1.36. The second kappa shape index (κ2) is 4.14. The van der Waals surface area contributed by atoms with Gasteiger partial charge in [0.05, 0.1) is 0 Å². The summed E-state index contributed by atoms with van der Waals surface area (Å²) >= 11 is 0. The normalized spacial score (nSPS) is 23.8. The van der Waals surface area contributed by atoms with Crippen molar-refractivity contribution >= 4 is 5.91 Å². The number of carbonyl (C=O) groups excluding carboxylic acids is 1. The number of likely N-dealkylation sites (tertiary alicyclic amines) is 1. The minimum atomic E-state index is -0.0213. The lowest BCUT2D eigenvalue weighted by Crippen LogP contribution is -2.54. The van der Waals surface area contributed by atoms with Gasteiger partial charge in [0.25, 0.3) is 5.91 Å². The third-order valence-electron chi connectivity index (χ3n) is 3.64. The second-order valence-corrected chi connectivity index (χ2v) is 5.45. The lowest BCUT2D eigenvalue weighted by atomic mass is 9.79. The van der Waals surface area contributed by atoms with Crippen LogP contribution in [-0.2, 0) is 7.05 Å². The number of aryl methyl sites for hydroxylation is 1. The highest BCUT2D eigenvalue weighted by molar-refractivity contribution is 5.92. The average molecular weight is 236 g/mol. The number of hydrogen-bond acceptors (Lipinski definition) is 3. The van der Waals surface area contributed by atoms with Crippen molar-refractivity contribution < 1.29 is 4.79 Å². The van der Waals surface area contributed by atoms with Crippen LogP contribution in [0, 0.1) is 5.41 Å². The van der Waals surface area contributed by atoms with Crippen molar-refractivity contribution in [3.8, 4) is 0 Å². The molecule has 1 amide bonds. The minimum Gasteiger partial charge on any atom is -0.337 e. The quantitative estimate of drug-likeness (QED) is 0.777. The first-order valence-corrected chi connectivity index (χ1v) is 5.95. The van der Waals surface area contributed by atoms with Gasteiger partial charge in [0.15, 0.2) is 0 Å². The van der Waals surface area contributed by atoms with Crippen molar-refractivity contribution in [1.29, 1.82) is 0 Å². The van der Waals surface area contributed by atoms with E-state index in [-0.39, 0.29) is 17.4 Å². The summed E-state index contributed by atoms with van der Waals surface area (Å²) in [6, 6.07) is 1.92. The Bertz CT molecular complexity index is 424. The van der Waals surface area contributed by atoms with Crippen LogP contribution in [0.2, 0.25) is 0 Å². The molecule has 2 N–H and O–H groups in total. The van der Waals surface area contributed by atoms with Crippen LogP contribution in [0.25, 0.3) is 0 Å². The smallest absolute Gasteiger partial charge is 0.272 e. The minimum absolute atomic E-state index is 0.0213. The number of rotatable bonds is 1. The van der Waals surface area contributed by atoms with Gasteiger partial charge in [-0.3, -0.25) is 9.48 Å². The third kappa shape index (κ3) is 2.20. The topological polar surface area (TPSA) is 64.2 Å².